The van der Waals surface area contributed by atoms with Crippen LogP contribution >= 0.6 is 0 Å². The standard InChI is InChI=1S/C21H20F2N4O/c22-15-10-27(11-16(15)23)21-19(20-25-17-7-9-28-12-18(17)26-20)14(6-8-24-21)13-4-2-1-3-5-13/h1-6,8,15-16H,7,9-12H2,(H,25,26)/t15-,16+. The summed E-state index contributed by atoms with van der Waals surface area (Å²) in [6, 6.07) is 11.8. The highest BCUT2D eigenvalue weighted by atomic mass is 19.2. The molecule has 144 valence electrons. The van der Waals surface area contributed by atoms with E-state index in [1.807, 2.05) is 36.4 Å². The van der Waals surface area contributed by atoms with Crippen LogP contribution in [0.2, 0.25) is 0 Å². The van der Waals surface area contributed by atoms with Gasteiger partial charge in [0.1, 0.15) is 11.6 Å². The predicted octanol–water partition coefficient (Wildman–Crippen LogP) is 3.71. The van der Waals surface area contributed by atoms with E-state index >= 15 is 0 Å². The van der Waals surface area contributed by atoms with Gasteiger partial charge >= 0.3 is 0 Å². The third-order valence-electron chi connectivity index (χ3n) is 5.33. The molecule has 0 spiro atoms. The molecule has 1 fully saturated rings. The van der Waals surface area contributed by atoms with Crippen LogP contribution in [-0.2, 0) is 17.8 Å². The van der Waals surface area contributed by atoms with Crippen LogP contribution in [0.3, 0.4) is 0 Å². The van der Waals surface area contributed by atoms with Crippen molar-refractivity contribution in [1.82, 2.24) is 15.0 Å². The Kier molecular flexibility index (Phi) is 4.31. The Labute approximate surface area is 161 Å². The van der Waals surface area contributed by atoms with Crippen molar-refractivity contribution < 1.29 is 13.5 Å². The maximum absolute atomic E-state index is 13.9. The van der Waals surface area contributed by atoms with Gasteiger partial charge in [-0.15, -0.1) is 0 Å². The number of H-pyrrole nitrogens is 1. The summed E-state index contributed by atoms with van der Waals surface area (Å²) < 4.78 is 33.3. The summed E-state index contributed by atoms with van der Waals surface area (Å²) in [5.74, 6) is 1.21. The number of imidazole rings is 1. The molecule has 3 aromatic rings. The zero-order valence-electron chi connectivity index (χ0n) is 15.2. The Balaban J connectivity index is 1.69. The number of ether oxygens (including phenoxy) is 1. The second-order valence-corrected chi connectivity index (χ2v) is 7.17. The molecule has 0 saturated carbocycles. The molecule has 0 bridgehead atoms. The lowest BCUT2D eigenvalue weighted by molar-refractivity contribution is 0.107. The molecule has 1 N–H and O–H groups in total. The minimum absolute atomic E-state index is 0.0110. The molecule has 1 aromatic carbocycles. The number of hydrogen-bond acceptors (Lipinski definition) is 4. The molecule has 0 amide bonds. The Morgan fingerprint density at radius 1 is 1.07 bits per heavy atom. The molecule has 5 nitrogen and oxygen atoms in total. The van der Waals surface area contributed by atoms with E-state index in [4.69, 9.17) is 9.72 Å². The van der Waals surface area contributed by atoms with E-state index in [0.29, 0.717) is 24.9 Å². The maximum atomic E-state index is 13.9. The van der Waals surface area contributed by atoms with E-state index in [-0.39, 0.29) is 13.1 Å². The molecular formula is C21H20F2N4O. The summed E-state index contributed by atoms with van der Waals surface area (Å²) in [5.41, 5.74) is 4.62. The average molecular weight is 382 g/mol. The van der Waals surface area contributed by atoms with Crippen molar-refractivity contribution >= 4 is 5.82 Å². The normalized spacial score (nSPS) is 21.7. The Morgan fingerprint density at radius 3 is 2.61 bits per heavy atom. The third kappa shape index (κ3) is 2.96. The van der Waals surface area contributed by atoms with Gasteiger partial charge in [0, 0.05) is 12.6 Å². The van der Waals surface area contributed by atoms with Crippen molar-refractivity contribution in [3.63, 3.8) is 0 Å². The van der Waals surface area contributed by atoms with Crippen LogP contribution in [0.5, 0.6) is 0 Å². The molecule has 0 aliphatic carbocycles. The quantitative estimate of drug-likeness (QED) is 0.750. The molecule has 2 aromatic heterocycles. The lowest BCUT2D eigenvalue weighted by Crippen LogP contribution is -2.22. The summed E-state index contributed by atoms with van der Waals surface area (Å²) in [7, 11) is 0. The summed E-state index contributed by atoms with van der Waals surface area (Å²) in [4.78, 5) is 14.3. The molecule has 0 unspecified atom stereocenters. The van der Waals surface area contributed by atoms with Crippen LogP contribution in [0.4, 0.5) is 14.6 Å². The van der Waals surface area contributed by atoms with Gasteiger partial charge in [0.05, 0.1) is 43.3 Å². The third-order valence-corrected chi connectivity index (χ3v) is 5.33. The highest BCUT2D eigenvalue weighted by molar-refractivity contribution is 5.88. The van der Waals surface area contributed by atoms with Gasteiger partial charge in [0.25, 0.3) is 0 Å². The fourth-order valence-electron chi connectivity index (χ4n) is 3.91. The molecule has 2 aliphatic heterocycles. The molecule has 2 aliphatic rings. The van der Waals surface area contributed by atoms with Crippen molar-refractivity contribution in [2.24, 2.45) is 0 Å². The van der Waals surface area contributed by atoms with Gasteiger partial charge < -0.3 is 14.6 Å². The Hall–Kier alpha value is -2.80. The number of benzene rings is 1. The van der Waals surface area contributed by atoms with Crippen LogP contribution in [0.15, 0.2) is 42.6 Å². The van der Waals surface area contributed by atoms with E-state index in [9.17, 15) is 8.78 Å². The summed E-state index contributed by atoms with van der Waals surface area (Å²) in [6.45, 7) is 1.11. The number of nitrogens with one attached hydrogen (secondary N) is 1. The lowest BCUT2D eigenvalue weighted by Gasteiger charge is -2.21. The number of hydrogen-bond donors (Lipinski definition) is 1. The van der Waals surface area contributed by atoms with E-state index in [1.165, 1.54) is 0 Å². The summed E-state index contributed by atoms with van der Waals surface area (Å²) in [5, 5.41) is 0. The van der Waals surface area contributed by atoms with Crippen LogP contribution in [0.1, 0.15) is 11.4 Å². The number of fused-ring (bicyclic) bond motifs is 1. The molecular weight excluding hydrogens is 362 g/mol. The van der Waals surface area contributed by atoms with Crippen molar-refractivity contribution in [1.29, 1.82) is 0 Å². The average Bonchev–Trinajstić information content (AvgIpc) is 3.31. The number of alkyl halides is 2. The minimum atomic E-state index is -1.51. The minimum Gasteiger partial charge on any atom is -0.375 e. The molecule has 5 rings (SSSR count). The number of nitrogens with zero attached hydrogens (tertiary/aromatic N) is 3. The predicted molar refractivity (Wildman–Crippen MR) is 103 cm³/mol. The number of aromatic amines is 1. The summed E-state index contributed by atoms with van der Waals surface area (Å²) in [6.07, 6.45) is -0.585. The first kappa shape index (κ1) is 17.3. The van der Waals surface area contributed by atoms with E-state index in [1.54, 1.807) is 11.1 Å². The van der Waals surface area contributed by atoms with Crippen LogP contribution < -0.4 is 4.90 Å². The summed E-state index contributed by atoms with van der Waals surface area (Å²) >= 11 is 0. The van der Waals surface area contributed by atoms with Gasteiger partial charge in [-0.05, 0) is 17.2 Å². The maximum Gasteiger partial charge on any atom is 0.150 e. The largest absolute Gasteiger partial charge is 0.375 e. The monoisotopic (exact) mass is 382 g/mol. The molecule has 2 atom stereocenters. The van der Waals surface area contributed by atoms with Crippen molar-refractivity contribution in [2.75, 3.05) is 24.6 Å². The Morgan fingerprint density at radius 2 is 1.86 bits per heavy atom. The zero-order chi connectivity index (χ0) is 19.1. The fourth-order valence-corrected chi connectivity index (χ4v) is 3.91. The molecule has 7 heteroatoms. The van der Waals surface area contributed by atoms with Crippen molar-refractivity contribution in [2.45, 2.75) is 25.4 Å². The number of anilines is 1. The van der Waals surface area contributed by atoms with Crippen LogP contribution in [0, 0.1) is 0 Å². The van der Waals surface area contributed by atoms with Gasteiger partial charge in [-0.25, -0.2) is 18.7 Å². The van der Waals surface area contributed by atoms with E-state index in [2.05, 4.69) is 9.97 Å². The second-order valence-electron chi connectivity index (χ2n) is 7.17. The smallest absolute Gasteiger partial charge is 0.150 e. The van der Waals surface area contributed by atoms with Gasteiger partial charge in [-0.1, -0.05) is 30.3 Å². The first-order chi connectivity index (χ1) is 13.7. The lowest BCUT2D eigenvalue weighted by atomic mass is 10.00. The van der Waals surface area contributed by atoms with Gasteiger partial charge in [-0.2, -0.15) is 0 Å². The van der Waals surface area contributed by atoms with E-state index in [0.717, 1.165) is 34.5 Å². The highest BCUT2D eigenvalue weighted by Gasteiger charge is 2.35. The van der Waals surface area contributed by atoms with Gasteiger partial charge in [-0.3, -0.25) is 0 Å². The molecule has 28 heavy (non-hydrogen) atoms. The van der Waals surface area contributed by atoms with Crippen LogP contribution in [0.25, 0.3) is 22.5 Å². The van der Waals surface area contributed by atoms with E-state index < -0.39 is 12.3 Å². The highest BCUT2D eigenvalue weighted by Crippen LogP contribution is 2.39. The molecule has 4 heterocycles. The first-order valence-corrected chi connectivity index (χ1v) is 9.44. The Bertz CT molecular complexity index is 958. The number of halogens is 2. The second kappa shape index (κ2) is 6.98. The van der Waals surface area contributed by atoms with Crippen molar-refractivity contribution in [3.05, 3.63) is 54.0 Å². The molecule has 1 saturated heterocycles. The molecule has 0 radical (unpaired) electrons. The zero-order valence-corrected chi connectivity index (χ0v) is 15.2. The number of pyridine rings is 1. The number of rotatable bonds is 3. The fraction of sp³-hybridized carbons (Fsp3) is 0.333. The van der Waals surface area contributed by atoms with Gasteiger partial charge in [0.15, 0.2) is 12.3 Å². The first-order valence-electron chi connectivity index (χ1n) is 9.44. The van der Waals surface area contributed by atoms with Gasteiger partial charge in [0.2, 0.25) is 0 Å². The van der Waals surface area contributed by atoms with Crippen LogP contribution in [-0.4, -0.2) is 47.0 Å². The number of aromatic nitrogens is 3. The topological polar surface area (TPSA) is 54.0 Å². The van der Waals surface area contributed by atoms with Crippen molar-refractivity contribution in [3.8, 4) is 22.5 Å². The SMILES string of the molecule is F[C@@H]1CN(c2nccc(-c3ccccc3)c2-c2nc3c([nH]2)COCC3)C[C@@H]1F.